The number of rotatable bonds is 4. The molecule has 2 aromatic rings. The Kier molecular flexibility index (Phi) is 4.72. The molecular formula is C12H7Cl3N2O4. The second-order valence-electron chi connectivity index (χ2n) is 3.74. The molecule has 0 bridgehead atoms. The van der Waals surface area contributed by atoms with Gasteiger partial charge in [-0.25, -0.2) is 0 Å². The topological polar surface area (TPSA) is 74.5 Å². The molecule has 1 aromatic carbocycles. The van der Waals surface area contributed by atoms with Crippen LogP contribution in [0.25, 0.3) is 0 Å². The molecule has 0 fully saturated rings. The minimum Gasteiger partial charge on any atom is -0.493 e. The molecule has 9 heteroatoms. The van der Waals surface area contributed by atoms with Gasteiger partial charge in [-0.15, -0.1) is 0 Å². The summed E-state index contributed by atoms with van der Waals surface area (Å²) in [4.78, 5) is 14.1. The Hall–Kier alpha value is -1.76. The number of pyridine rings is 1. The minimum atomic E-state index is -0.545. The fourth-order valence-electron chi connectivity index (χ4n) is 1.46. The molecule has 0 radical (unpaired) electrons. The van der Waals surface area contributed by atoms with Crippen LogP contribution < -0.4 is 9.47 Å². The SMILES string of the molecule is COc1cc([N+](=O)[O-])ccc1Oc1nc(Cl)c(Cl)cc1Cl. The molecule has 0 unspecified atom stereocenters. The minimum absolute atomic E-state index is 0.0122. The number of non-ortho nitro benzene ring substituents is 1. The van der Waals surface area contributed by atoms with Gasteiger partial charge in [0.2, 0.25) is 5.88 Å². The van der Waals surface area contributed by atoms with Gasteiger partial charge in [0.1, 0.15) is 5.02 Å². The van der Waals surface area contributed by atoms with Crippen molar-refractivity contribution in [2.45, 2.75) is 0 Å². The van der Waals surface area contributed by atoms with Crippen molar-refractivity contribution >= 4 is 40.5 Å². The van der Waals surface area contributed by atoms with E-state index < -0.39 is 4.92 Å². The number of nitrogens with zero attached hydrogens (tertiary/aromatic N) is 2. The van der Waals surface area contributed by atoms with Crippen LogP contribution in [0.15, 0.2) is 24.3 Å². The molecule has 2 rings (SSSR count). The average molecular weight is 350 g/mol. The number of nitro benzene ring substituents is 1. The van der Waals surface area contributed by atoms with Crippen LogP contribution in [0.4, 0.5) is 5.69 Å². The Bertz CT molecular complexity index is 709. The summed E-state index contributed by atoms with van der Waals surface area (Å²) < 4.78 is 10.5. The highest BCUT2D eigenvalue weighted by Gasteiger charge is 2.16. The maximum absolute atomic E-state index is 10.7. The third-order valence-corrected chi connectivity index (χ3v) is 3.36. The van der Waals surface area contributed by atoms with Crippen LogP contribution in [0.2, 0.25) is 15.2 Å². The molecule has 1 heterocycles. The Morgan fingerprint density at radius 3 is 2.48 bits per heavy atom. The van der Waals surface area contributed by atoms with Crippen molar-refractivity contribution in [1.82, 2.24) is 4.98 Å². The van der Waals surface area contributed by atoms with Crippen molar-refractivity contribution < 1.29 is 14.4 Å². The van der Waals surface area contributed by atoms with Gasteiger partial charge >= 0.3 is 0 Å². The number of aromatic nitrogens is 1. The average Bonchev–Trinajstić information content (AvgIpc) is 2.44. The predicted molar refractivity (Wildman–Crippen MR) is 79.0 cm³/mol. The van der Waals surface area contributed by atoms with Crippen LogP contribution in [0.1, 0.15) is 0 Å². The number of halogens is 3. The summed E-state index contributed by atoms with van der Waals surface area (Å²) in [7, 11) is 1.36. The molecule has 0 saturated carbocycles. The monoisotopic (exact) mass is 348 g/mol. The van der Waals surface area contributed by atoms with Gasteiger partial charge in [0.15, 0.2) is 16.7 Å². The van der Waals surface area contributed by atoms with E-state index in [0.717, 1.165) is 0 Å². The molecule has 0 aliphatic rings. The first-order valence-corrected chi connectivity index (χ1v) is 6.57. The Morgan fingerprint density at radius 2 is 1.86 bits per heavy atom. The lowest BCUT2D eigenvalue weighted by Crippen LogP contribution is -1.95. The van der Waals surface area contributed by atoms with Gasteiger partial charge in [-0.05, 0) is 12.1 Å². The molecule has 6 nitrogen and oxygen atoms in total. The molecule has 0 spiro atoms. The van der Waals surface area contributed by atoms with Crippen molar-refractivity contribution in [1.29, 1.82) is 0 Å². The smallest absolute Gasteiger partial charge is 0.273 e. The molecule has 21 heavy (non-hydrogen) atoms. The summed E-state index contributed by atoms with van der Waals surface area (Å²) >= 11 is 17.5. The van der Waals surface area contributed by atoms with Crippen molar-refractivity contribution in [2.75, 3.05) is 7.11 Å². The standard InChI is InChI=1S/C12H7Cl3N2O4/c1-20-10-4-6(17(18)19)2-3-9(10)21-12-8(14)5-7(13)11(15)16-12/h2-5H,1H3. The van der Waals surface area contributed by atoms with Crippen molar-refractivity contribution in [2.24, 2.45) is 0 Å². The zero-order valence-electron chi connectivity index (χ0n) is 10.5. The van der Waals surface area contributed by atoms with E-state index >= 15 is 0 Å². The number of nitro groups is 1. The number of methoxy groups -OCH3 is 1. The van der Waals surface area contributed by atoms with Gasteiger partial charge in [-0.3, -0.25) is 10.1 Å². The fraction of sp³-hybridized carbons (Fsp3) is 0.0833. The predicted octanol–water partition coefficient (Wildman–Crippen LogP) is 4.75. The highest BCUT2D eigenvalue weighted by Crippen LogP contribution is 2.38. The third kappa shape index (κ3) is 3.47. The zero-order chi connectivity index (χ0) is 15.6. The van der Waals surface area contributed by atoms with E-state index in [1.54, 1.807) is 0 Å². The maximum Gasteiger partial charge on any atom is 0.273 e. The lowest BCUT2D eigenvalue weighted by atomic mass is 10.3. The summed E-state index contributed by atoms with van der Waals surface area (Å²) in [5.74, 6) is 0.377. The van der Waals surface area contributed by atoms with E-state index in [4.69, 9.17) is 44.3 Å². The number of hydrogen-bond donors (Lipinski definition) is 0. The Balaban J connectivity index is 2.40. The number of ether oxygens (including phenoxy) is 2. The van der Waals surface area contributed by atoms with Gasteiger partial charge < -0.3 is 9.47 Å². The molecule has 0 N–H and O–H groups in total. The van der Waals surface area contributed by atoms with E-state index in [-0.39, 0.29) is 38.3 Å². The van der Waals surface area contributed by atoms with Crippen molar-refractivity contribution in [3.05, 3.63) is 49.6 Å². The van der Waals surface area contributed by atoms with E-state index in [9.17, 15) is 10.1 Å². The Morgan fingerprint density at radius 1 is 1.14 bits per heavy atom. The van der Waals surface area contributed by atoms with E-state index in [0.29, 0.717) is 0 Å². The highest BCUT2D eigenvalue weighted by molar-refractivity contribution is 6.42. The molecule has 110 valence electrons. The van der Waals surface area contributed by atoms with E-state index in [1.165, 1.54) is 31.4 Å². The molecule has 0 saturated heterocycles. The zero-order valence-corrected chi connectivity index (χ0v) is 12.7. The largest absolute Gasteiger partial charge is 0.493 e. The van der Waals surface area contributed by atoms with Crippen molar-refractivity contribution in [3.63, 3.8) is 0 Å². The number of hydrogen-bond acceptors (Lipinski definition) is 5. The first kappa shape index (κ1) is 15.6. The summed E-state index contributed by atoms with van der Waals surface area (Å²) in [5.41, 5.74) is -0.132. The second kappa shape index (κ2) is 6.34. The summed E-state index contributed by atoms with van der Waals surface area (Å²) in [6.45, 7) is 0. The van der Waals surface area contributed by atoms with Gasteiger partial charge in [0, 0.05) is 6.07 Å². The highest BCUT2D eigenvalue weighted by atomic mass is 35.5. The maximum atomic E-state index is 10.7. The van der Waals surface area contributed by atoms with Gasteiger partial charge in [-0.2, -0.15) is 4.98 Å². The Labute approximate surface area is 134 Å². The summed E-state index contributed by atoms with van der Waals surface area (Å²) in [6.07, 6.45) is 0. The van der Waals surface area contributed by atoms with Crippen LogP contribution in [-0.2, 0) is 0 Å². The van der Waals surface area contributed by atoms with E-state index in [1.807, 2.05) is 0 Å². The molecule has 0 aliphatic heterocycles. The second-order valence-corrected chi connectivity index (χ2v) is 4.91. The van der Waals surface area contributed by atoms with Gasteiger partial charge in [0.05, 0.1) is 23.1 Å². The molecule has 0 atom stereocenters. The molecular weight excluding hydrogens is 343 g/mol. The molecule has 0 amide bonds. The van der Waals surface area contributed by atoms with Crippen molar-refractivity contribution in [3.8, 4) is 17.4 Å². The molecule has 1 aromatic heterocycles. The van der Waals surface area contributed by atoms with Crippen LogP contribution >= 0.6 is 34.8 Å². The van der Waals surface area contributed by atoms with Gasteiger partial charge in [0.25, 0.3) is 5.69 Å². The van der Waals surface area contributed by atoms with Crippen LogP contribution in [0.3, 0.4) is 0 Å². The lowest BCUT2D eigenvalue weighted by molar-refractivity contribution is -0.384. The fourth-order valence-corrected chi connectivity index (χ4v) is 1.99. The first-order valence-electron chi connectivity index (χ1n) is 5.44. The summed E-state index contributed by atoms with van der Waals surface area (Å²) in [6, 6.07) is 5.24. The number of benzene rings is 1. The van der Waals surface area contributed by atoms with Crippen LogP contribution in [0.5, 0.6) is 17.4 Å². The van der Waals surface area contributed by atoms with Gasteiger partial charge in [-0.1, -0.05) is 34.8 Å². The summed E-state index contributed by atoms with van der Waals surface area (Å²) in [5, 5.41) is 11.1. The quantitative estimate of drug-likeness (QED) is 0.452. The van der Waals surface area contributed by atoms with Crippen LogP contribution in [-0.4, -0.2) is 17.0 Å². The first-order chi connectivity index (χ1) is 9.92. The lowest BCUT2D eigenvalue weighted by Gasteiger charge is -2.11. The third-order valence-electron chi connectivity index (χ3n) is 2.42. The van der Waals surface area contributed by atoms with E-state index in [2.05, 4.69) is 4.98 Å². The van der Waals surface area contributed by atoms with Crippen LogP contribution in [0, 0.1) is 10.1 Å². The molecule has 0 aliphatic carbocycles. The normalized spacial score (nSPS) is 10.3.